The zero-order chi connectivity index (χ0) is 15.5. The molecule has 2 amide bonds. The summed E-state index contributed by atoms with van der Waals surface area (Å²) in [7, 11) is 0. The second-order valence-electron chi connectivity index (χ2n) is 6.99. The van der Waals surface area contributed by atoms with Gasteiger partial charge in [0.25, 0.3) is 0 Å². The Hall–Kier alpha value is -1.26. The van der Waals surface area contributed by atoms with Crippen LogP contribution in [-0.4, -0.2) is 29.7 Å². The first kappa shape index (κ1) is 16.1. The van der Waals surface area contributed by atoms with Crippen molar-refractivity contribution in [2.45, 2.75) is 64.8 Å². The first-order valence-corrected chi connectivity index (χ1v) is 8.24. The Bertz CT molecular complexity index is 389. The first-order chi connectivity index (χ1) is 9.97. The standard InChI is InChI=1S/C16H28N2O3/c1-3-4-12-9-13(12)18-15(21)17-10-16(14(19)20)7-5-11(2)6-8-16/h11-13H,3-10H2,1-2H3,(H,19,20)(H2,17,18,21). The largest absolute Gasteiger partial charge is 0.481 e. The predicted molar refractivity (Wildman–Crippen MR) is 81.0 cm³/mol. The molecular weight excluding hydrogens is 268 g/mol. The SMILES string of the molecule is CCCC1CC1NC(=O)NCC1(C(=O)O)CCC(C)CC1. The van der Waals surface area contributed by atoms with E-state index in [1.807, 2.05) is 0 Å². The summed E-state index contributed by atoms with van der Waals surface area (Å²) >= 11 is 0. The Morgan fingerprint density at radius 1 is 1.29 bits per heavy atom. The van der Waals surface area contributed by atoms with E-state index in [1.165, 1.54) is 0 Å². The van der Waals surface area contributed by atoms with Gasteiger partial charge in [0.15, 0.2) is 0 Å². The van der Waals surface area contributed by atoms with Gasteiger partial charge in [0.1, 0.15) is 0 Å². The molecule has 5 heteroatoms. The van der Waals surface area contributed by atoms with Crippen LogP contribution in [0, 0.1) is 17.3 Å². The van der Waals surface area contributed by atoms with Crippen molar-refractivity contribution in [2.24, 2.45) is 17.3 Å². The summed E-state index contributed by atoms with van der Waals surface area (Å²) in [6.07, 6.45) is 6.53. The van der Waals surface area contributed by atoms with E-state index in [2.05, 4.69) is 24.5 Å². The summed E-state index contributed by atoms with van der Waals surface area (Å²) in [6.45, 7) is 4.55. The number of carbonyl (C=O) groups excluding carboxylic acids is 1. The van der Waals surface area contributed by atoms with Crippen LogP contribution in [0.25, 0.3) is 0 Å². The summed E-state index contributed by atoms with van der Waals surface area (Å²) in [5.74, 6) is 0.433. The number of carboxylic acid groups (broad SMARTS) is 1. The van der Waals surface area contributed by atoms with Crippen LogP contribution in [0.1, 0.15) is 58.8 Å². The third kappa shape index (κ3) is 4.11. The molecule has 2 aliphatic rings. The zero-order valence-electron chi connectivity index (χ0n) is 13.2. The van der Waals surface area contributed by atoms with Gasteiger partial charge in [-0.25, -0.2) is 4.79 Å². The lowest BCUT2D eigenvalue weighted by molar-refractivity contribution is -0.151. The maximum atomic E-state index is 11.9. The van der Waals surface area contributed by atoms with Crippen LogP contribution in [0.4, 0.5) is 4.79 Å². The lowest BCUT2D eigenvalue weighted by Crippen LogP contribution is -2.48. The second kappa shape index (κ2) is 6.67. The van der Waals surface area contributed by atoms with Gasteiger partial charge in [0.2, 0.25) is 0 Å². The summed E-state index contributed by atoms with van der Waals surface area (Å²) in [6, 6.07) is 0.0787. The number of rotatable bonds is 6. The van der Waals surface area contributed by atoms with Crippen LogP contribution < -0.4 is 10.6 Å². The molecule has 0 radical (unpaired) electrons. The molecule has 2 saturated carbocycles. The van der Waals surface area contributed by atoms with E-state index >= 15 is 0 Å². The highest BCUT2D eigenvalue weighted by atomic mass is 16.4. The normalized spacial score (nSPS) is 35.0. The van der Waals surface area contributed by atoms with E-state index in [-0.39, 0.29) is 18.6 Å². The van der Waals surface area contributed by atoms with Gasteiger partial charge in [-0.1, -0.05) is 20.3 Å². The van der Waals surface area contributed by atoms with E-state index in [9.17, 15) is 14.7 Å². The van der Waals surface area contributed by atoms with Gasteiger partial charge >= 0.3 is 12.0 Å². The van der Waals surface area contributed by atoms with Crippen molar-refractivity contribution >= 4 is 12.0 Å². The third-order valence-electron chi connectivity index (χ3n) is 5.17. The van der Waals surface area contributed by atoms with E-state index in [0.29, 0.717) is 24.7 Å². The Morgan fingerprint density at radius 3 is 2.52 bits per heavy atom. The average molecular weight is 296 g/mol. The fraction of sp³-hybridized carbons (Fsp3) is 0.875. The average Bonchev–Trinajstić information content (AvgIpc) is 3.16. The lowest BCUT2D eigenvalue weighted by Gasteiger charge is -2.35. The van der Waals surface area contributed by atoms with Crippen molar-refractivity contribution in [3.63, 3.8) is 0 Å². The molecule has 2 atom stereocenters. The second-order valence-corrected chi connectivity index (χ2v) is 6.99. The highest BCUT2D eigenvalue weighted by Gasteiger charge is 2.42. The Morgan fingerprint density at radius 2 is 1.95 bits per heavy atom. The molecule has 2 aliphatic carbocycles. The summed E-state index contributed by atoms with van der Waals surface area (Å²) in [4.78, 5) is 23.5. The van der Waals surface area contributed by atoms with Gasteiger partial charge in [-0.15, -0.1) is 0 Å². The van der Waals surface area contributed by atoms with Gasteiger partial charge in [-0.2, -0.15) is 0 Å². The van der Waals surface area contributed by atoms with E-state index in [0.717, 1.165) is 32.1 Å². The minimum Gasteiger partial charge on any atom is -0.481 e. The molecule has 2 fully saturated rings. The van der Waals surface area contributed by atoms with E-state index < -0.39 is 11.4 Å². The summed E-state index contributed by atoms with van der Waals surface area (Å²) in [5, 5.41) is 15.3. The molecule has 0 saturated heterocycles. The van der Waals surface area contributed by atoms with Crippen molar-refractivity contribution in [2.75, 3.05) is 6.54 Å². The molecular formula is C16H28N2O3. The number of hydrogen-bond acceptors (Lipinski definition) is 2. The smallest absolute Gasteiger partial charge is 0.315 e. The van der Waals surface area contributed by atoms with E-state index in [4.69, 9.17) is 0 Å². The van der Waals surface area contributed by atoms with Crippen molar-refractivity contribution in [1.82, 2.24) is 10.6 Å². The van der Waals surface area contributed by atoms with E-state index in [1.54, 1.807) is 0 Å². The fourth-order valence-corrected chi connectivity index (χ4v) is 3.36. The molecule has 21 heavy (non-hydrogen) atoms. The van der Waals surface area contributed by atoms with Gasteiger partial charge in [0.05, 0.1) is 5.41 Å². The van der Waals surface area contributed by atoms with Gasteiger partial charge in [0, 0.05) is 12.6 Å². The molecule has 2 rings (SSSR count). The summed E-state index contributed by atoms with van der Waals surface area (Å²) < 4.78 is 0. The monoisotopic (exact) mass is 296 g/mol. The molecule has 0 aromatic carbocycles. The van der Waals surface area contributed by atoms with Gasteiger partial charge in [-0.3, -0.25) is 4.79 Å². The predicted octanol–water partition coefficient (Wildman–Crippen LogP) is 2.76. The van der Waals surface area contributed by atoms with Gasteiger partial charge in [-0.05, 0) is 50.4 Å². The van der Waals surface area contributed by atoms with Crippen LogP contribution in [0.2, 0.25) is 0 Å². The maximum Gasteiger partial charge on any atom is 0.315 e. The quantitative estimate of drug-likeness (QED) is 0.705. The highest BCUT2D eigenvalue weighted by molar-refractivity contribution is 5.78. The number of carboxylic acids is 1. The number of hydrogen-bond donors (Lipinski definition) is 3. The van der Waals surface area contributed by atoms with Crippen LogP contribution >= 0.6 is 0 Å². The van der Waals surface area contributed by atoms with Crippen molar-refractivity contribution in [3.05, 3.63) is 0 Å². The minimum atomic E-state index is -0.773. The Labute approximate surface area is 126 Å². The number of amides is 2. The van der Waals surface area contributed by atoms with Crippen LogP contribution in [-0.2, 0) is 4.79 Å². The number of nitrogens with one attached hydrogen (secondary N) is 2. The number of carbonyl (C=O) groups is 2. The molecule has 3 N–H and O–H groups in total. The molecule has 0 aromatic rings. The van der Waals surface area contributed by atoms with Crippen LogP contribution in [0.5, 0.6) is 0 Å². The van der Waals surface area contributed by atoms with Crippen LogP contribution in [0.15, 0.2) is 0 Å². The number of urea groups is 1. The summed E-state index contributed by atoms with van der Waals surface area (Å²) in [5.41, 5.74) is -0.768. The van der Waals surface area contributed by atoms with Crippen molar-refractivity contribution in [1.29, 1.82) is 0 Å². The molecule has 5 nitrogen and oxygen atoms in total. The fourth-order valence-electron chi connectivity index (χ4n) is 3.36. The third-order valence-corrected chi connectivity index (χ3v) is 5.17. The molecule has 0 heterocycles. The lowest BCUT2D eigenvalue weighted by atomic mass is 9.71. The van der Waals surface area contributed by atoms with Crippen LogP contribution in [0.3, 0.4) is 0 Å². The Kier molecular flexibility index (Phi) is 5.12. The molecule has 0 bridgehead atoms. The number of aliphatic carboxylic acids is 1. The molecule has 0 aromatic heterocycles. The molecule has 0 aliphatic heterocycles. The topological polar surface area (TPSA) is 78.4 Å². The molecule has 120 valence electrons. The highest BCUT2D eigenvalue weighted by Crippen LogP contribution is 2.39. The van der Waals surface area contributed by atoms with Crippen molar-refractivity contribution < 1.29 is 14.7 Å². The van der Waals surface area contributed by atoms with Crippen molar-refractivity contribution in [3.8, 4) is 0 Å². The van der Waals surface area contributed by atoms with Gasteiger partial charge < -0.3 is 15.7 Å². The molecule has 2 unspecified atom stereocenters. The molecule has 0 spiro atoms. The Balaban J connectivity index is 1.77. The first-order valence-electron chi connectivity index (χ1n) is 8.24. The maximum absolute atomic E-state index is 11.9. The minimum absolute atomic E-state index is 0.210. The zero-order valence-corrected chi connectivity index (χ0v) is 13.2.